The van der Waals surface area contributed by atoms with E-state index in [0.717, 1.165) is 17.4 Å². The second-order valence-corrected chi connectivity index (χ2v) is 8.91. The summed E-state index contributed by atoms with van der Waals surface area (Å²) >= 11 is 1.29. The van der Waals surface area contributed by atoms with Gasteiger partial charge in [-0.05, 0) is 30.7 Å². The topological polar surface area (TPSA) is 46.2 Å². The third kappa shape index (κ3) is 5.04. The quantitative estimate of drug-likeness (QED) is 0.604. The standard InChI is InChI=1S/C17H20NO2PS/c1-15(19)22-14-8-13-21(20,17-11-6-3-7-12-17)18-16-9-4-2-5-10-16/h2-7,9-12H,8,13-14H2,1H3,(H,18,20). The van der Waals surface area contributed by atoms with Crippen LogP contribution >= 0.6 is 19.1 Å². The Balaban J connectivity index is 2.14. The third-order valence-electron chi connectivity index (χ3n) is 3.18. The van der Waals surface area contributed by atoms with Gasteiger partial charge in [-0.3, -0.25) is 9.36 Å². The SMILES string of the molecule is CC(=O)SCCCP(=O)(Nc1ccccc1)c1ccccc1. The summed E-state index contributed by atoms with van der Waals surface area (Å²) in [7, 11) is -2.73. The molecule has 0 saturated carbocycles. The van der Waals surface area contributed by atoms with Crippen molar-refractivity contribution in [3.8, 4) is 0 Å². The van der Waals surface area contributed by atoms with Gasteiger partial charge < -0.3 is 5.09 Å². The van der Waals surface area contributed by atoms with E-state index in [2.05, 4.69) is 5.09 Å². The van der Waals surface area contributed by atoms with E-state index < -0.39 is 7.29 Å². The summed E-state index contributed by atoms with van der Waals surface area (Å²) in [6.45, 7) is 1.56. The van der Waals surface area contributed by atoms with Crippen LogP contribution in [0.4, 0.5) is 5.69 Å². The van der Waals surface area contributed by atoms with Gasteiger partial charge in [-0.25, -0.2) is 0 Å². The number of rotatable bonds is 7. The smallest absolute Gasteiger partial charge is 0.198 e. The van der Waals surface area contributed by atoms with Crippen LogP contribution < -0.4 is 10.4 Å². The van der Waals surface area contributed by atoms with Crippen molar-refractivity contribution in [1.29, 1.82) is 0 Å². The minimum atomic E-state index is -2.73. The molecule has 2 aromatic rings. The maximum Gasteiger partial charge on any atom is 0.198 e. The summed E-state index contributed by atoms with van der Waals surface area (Å²) < 4.78 is 13.4. The molecule has 0 aliphatic carbocycles. The van der Waals surface area contributed by atoms with Crippen LogP contribution in [-0.2, 0) is 9.36 Å². The van der Waals surface area contributed by atoms with E-state index in [1.165, 1.54) is 11.8 Å². The van der Waals surface area contributed by atoms with Crippen molar-refractivity contribution in [1.82, 2.24) is 0 Å². The Hall–Kier alpha value is -1.51. The fourth-order valence-electron chi connectivity index (χ4n) is 2.14. The van der Waals surface area contributed by atoms with E-state index in [-0.39, 0.29) is 5.12 Å². The normalized spacial score (nSPS) is 13.3. The van der Waals surface area contributed by atoms with Crippen LogP contribution in [0.1, 0.15) is 13.3 Å². The second kappa shape index (κ2) is 8.21. The third-order valence-corrected chi connectivity index (χ3v) is 6.78. The molecule has 1 N–H and O–H groups in total. The van der Waals surface area contributed by atoms with Gasteiger partial charge in [-0.15, -0.1) is 0 Å². The summed E-state index contributed by atoms with van der Waals surface area (Å²) in [5.41, 5.74) is 0.855. The van der Waals surface area contributed by atoms with E-state index in [9.17, 15) is 9.36 Å². The molecule has 0 heterocycles. The molecule has 5 heteroatoms. The molecule has 0 saturated heterocycles. The first-order chi connectivity index (χ1) is 10.6. The van der Waals surface area contributed by atoms with Gasteiger partial charge in [-0.2, -0.15) is 0 Å². The number of hydrogen-bond donors (Lipinski definition) is 1. The van der Waals surface area contributed by atoms with Gasteiger partial charge in [0.2, 0.25) is 0 Å². The maximum absolute atomic E-state index is 13.4. The highest BCUT2D eigenvalue weighted by Gasteiger charge is 2.24. The molecule has 2 aromatic carbocycles. The number of carbonyl (C=O) groups is 1. The number of hydrogen-bond acceptors (Lipinski definition) is 3. The van der Waals surface area contributed by atoms with Crippen molar-refractivity contribution < 1.29 is 9.36 Å². The van der Waals surface area contributed by atoms with Crippen molar-refractivity contribution >= 4 is 35.2 Å². The molecular formula is C17H20NO2PS. The van der Waals surface area contributed by atoms with Crippen LogP contribution in [0.25, 0.3) is 0 Å². The Morgan fingerprint density at radius 1 is 1.05 bits per heavy atom. The fourth-order valence-corrected chi connectivity index (χ4v) is 5.26. The van der Waals surface area contributed by atoms with Crippen LogP contribution in [0.15, 0.2) is 60.7 Å². The molecule has 0 aliphatic rings. The average Bonchev–Trinajstić information content (AvgIpc) is 2.53. The molecule has 1 atom stereocenters. The van der Waals surface area contributed by atoms with Gasteiger partial charge >= 0.3 is 0 Å². The first-order valence-corrected chi connectivity index (χ1v) is 10.1. The van der Waals surface area contributed by atoms with E-state index in [4.69, 9.17) is 0 Å². The molecule has 0 aromatic heterocycles. The molecule has 0 radical (unpaired) electrons. The lowest BCUT2D eigenvalue weighted by atomic mass is 10.3. The van der Waals surface area contributed by atoms with Gasteiger partial charge in [0.15, 0.2) is 12.4 Å². The highest BCUT2D eigenvalue weighted by molar-refractivity contribution is 8.13. The monoisotopic (exact) mass is 333 g/mol. The van der Waals surface area contributed by atoms with Crippen LogP contribution in [-0.4, -0.2) is 17.0 Å². The summed E-state index contributed by atoms with van der Waals surface area (Å²) in [6.07, 6.45) is 1.27. The number of nitrogens with one attached hydrogen (secondary N) is 1. The van der Waals surface area contributed by atoms with E-state index in [0.29, 0.717) is 11.9 Å². The van der Waals surface area contributed by atoms with Gasteiger partial charge in [0, 0.05) is 29.8 Å². The molecule has 0 bridgehead atoms. The number of thioether (sulfide) groups is 1. The predicted molar refractivity (Wildman–Crippen MR) is 96.4 cm³/mol. The van der Waals surface area contributed by atoms with Gasteiger partial charge in [-0.1, -0.05) is 48.2 Å². The minimum Gasteiger partial charge on any atom is -0.333 e. The summed E-state index contributed by atoms with van der Waals surface area (Å²) in [6, 6.07) is 19.1. The van der Waals surface area contributed by atoms with Gasteiger partial charge in [0.05, 0.1) is 0 Å². The first-order valence-electron chi connectivity index (χ1n) is 7.21. The Morgan fingerprint density at radius 2 is 1.64 bits per heavy atom. The molecule has 0 spiro atoms. The number of anilines is 1. The Kier molecular flexibility index (Phi) is 6.29. The van der Waals surface area contributed by atoms with Crippen LogP contribution in [0, 0.1) is 0 Å². The van der Waals surface area contributed by atoms with Gasteiger partial charge in [0.1, 0.15) is 0 Å². The number of para-hydroxylation sites is 1. The molecule has 2 rings (SSSR count). The molecule has 116 valence electrons. The summed E-state index contributed by atoms with van der Waals surface area (Å²) in [5, 5.41) is 4.15. The summed E-state index contributed by atoms with van der Waals surface area (Å²) in [5.74, 6) is 0.697. The molecule has 0 aliphatic heterocycles. The van der Waals surface area contributed by atoms with E-state index in [1.54, 1.807) is 6.92 Å². The van der Waals surface area contributed by atoms with Crippen molar-refractivity contribution in [2.45, 2.75) is 13.3 Å². The lowest BCUT2D eigenvalue weighted by molar-refractivity contribution is -0.109. The van der Waals surface area contributed by atoms with Crippen LogP contribution in [0.2, 0.25) is 0 Å². The molecular weight excluding hydrogens is 313 g/mol. The van der Waals surface area contributed by atoms with Crippen LogP contribution in [0.5, 0.6) is 0 Å². The van der Waals surface area contributed by atoms with Crippen LogP contribution in [0.3, 0.4) is 0 Å². The highest BCUT2D eigenvalue weighted by atomic mass is 32.2. The highest BCUT2D eigenvalue weighted by Crippen LogP contribution is 2.45. The molecule has 1 unspecified atom stereocenters. The van der Waals surface area contributed by atoms with Crippen molar-refractivity contribution in [3.05, 3.63) is 60.7 Å². The van der Waals surface area contributed by atoms with Crippen molar-refractivity contribution in [2.24, 2.45) is 0 Å². The second-order valence-electron chi connectivity index (χ2n) is 4.97. The zero-order valence-corrected chi connectivity index (χ0v) is 14.3. The molecule has 0 amide bonds. The van der Waals surface area contributed by atoms with Gasteiger partial charge in [0.25, 0.3) is 0 Å². The van der Waals surface area contributed by atoms with E-state index in [1.807, 2.05) is 60.7 Å². The Morgan fingerprint density at radius 3 is 2.23 bits per heavy atom. The lowest BCUT2D eigenvalue weighted by Crippen LogP contribution is -2.15. The Bertz CT molecular complexity index is 646. The Labute approximate surface area is 135 Å². The molecule has 22 heavy (non-hydrogen) atoms. The maximum atomic E-state index is 13.4. The molecule has 3 nitrogen and oxygen atoms in total. The number of benzene rings is 2. The first kappa shape index (κ1) is 16.9. The molecule has 0 fully saturated rings. The van der Waals surface area contributed by atoms with Crippen molar-refractivity contribution in [3.63, 3.8) is 0 Å². The summed E-state index contributed by atoms with van der Waals surface area (Å²) in [4.78, 5) is 11.0. The average molecular weight is 333 g/mol. The minimum absolute atomic E-state index is 0.102. The zero-order chi connectivity index (χ0) is 15.8. The largest absolute Gasteiger partial charge is 0.333 e. The van der Waals surface area contributed by atoms with Crippen molar-refractivity contribution in [2.75, 3.05) is 17.0 Å². The zero-order valence-electron chi connectivity index (χ0n) is 12.6. The van der Waals surface area contributed by atoms with E-state index >= 15 is 0 Å². The number of carbonyl (C=O) groups excluding carboxylic acids is 1. The predicted octanol–water partition coefficient (Wildman–Crippen LogP) is 4.37. The lowest BCUT2D eigenvalue weighted by Gasteiger charge is -2.21. The fraction of sp³-hybridized carbons (Fsp3) is 0.235.